The van der Waals surface area contributed by atoms with E-state index in [1.54, 1.807) is 18.2 Å². The van der Waals surface area contributed by atoms with Crippen LogP contribution in [0.25, 0.3) is 11.3 Å². The molecule has 1 aromatic carbocycles. The molecule has 2 rings (SSSR count). The molecule has 0 spiro atoms. The second-order valence-corrected chi connectivity index (χ2v) is 3.62. The molecule has 0 bridgehead atoms. The molecule has 0 aliphatic carbocycles. The minimum Gasteiger partial charge on any atom is -0.469 e. The van der Waals surface area contributed by atoms with E-state index in [-0.39, 0.29) is 12.2 Å². The Kier molecular flexibility index (Phi) is 3.62. The molecule has 1 aromatic heterocycles. The Hall–Kier alpha value is -2.30. The first-order chi connectivity index (χ1) is 8.69. The second-order valence-electron chi connectivity index (χ2n) is 3.62. The van der Waals surface area contributed by atoms with Crippen molar-refractivity contribution in [3.63, 3.8) is 0 Å². The van der Waals surface area contributed by atoms with Gasteiger partial charge in [0, 0.05) is 11.8 Å². The number of benzene rings is 1. The lowest BCUT2D eigenvalue weighted by Crippen LogP contribution is -2.08. The summed E-state index contributed by atoms with van der Waals surface area (Å²) in [6, 6.07) is 7.75. The van der Waals surface area contributed by atoms with Crippen molar-refractivity contribution >= 4 is 5.97 Å². The number of carbonyl (C=O) groups is 1. The van der Waals surface area contributed by atoms with Crippen LogP contribution in [0.5, 0.6) is 0 Å². The SMILES string of the molecule is COC(=O)Cc1nccc(-c2cccc(F)c2)n1. The van der Waals surface area contributed by atoms with E-state index < -0.39 is 5.97 Å². The molecule has 4 nitrogen and oxygen atoms in total. The predicted octanol–water partition coefficient (Wildman–Crippen LogP) is 2.00. The van der Waals surface area contributed by atoms with Gasteiger partial charge >= 0.3 is 5.97 Å². The summed E-state index contributed by atoms with van der Waals surface area (Å²) in [4.78, 5) is 19.3. The molecule has 1 heterocycles. The number of carbonyl (C=O) groups excluding carboxylic acids is 1. The van der Waals surface area contributed by atoms with Crippen molar-refractivity contribution in [2.75, 3.05) is 7.11 Å². The molecule has 0 aliphatic rings. The minimum atomic E-state index is -0.411. The highest BCUT2D eigenvalue weighted by Gasteiger charge is 2.07. The summed E-state index contributed by atoms with van der Waals surface area (Å²) in [5.74, 6) is -0.393. The highest BCUT2D eigenvalue weighted by molar-refractivity contribution is 5.71. The number of hydrogen-bond acceptors (Lipinski definition) is 4. The molecular formula is C13H11FN2O2. The number of aromatic nitrogens is 2. The van der Waals surface area contributed by atoms with Gasteiger partial charge in [0.15, 0.2) is 0 Å². The lowest BCUT2D eigenvalue weighted by molar-refractivity contribution is -0.139. The minimum absolute atomic E-state index is 0.000342. The van der Waals surface area contributed by atoms with Gasteiger partial charge in [0.25, 0.3) is 0 Å². The molecule has 0 unspecified atom stereocenters. The topological polar surface area (TPSA) is 52.1 Å². The largest absolute Gasteiger partial charge is 0.469 e. The zero-order chi connectivity index (χ0) is 13.0. The van der Waals surface area contributed by atoms with Gasteiger partial charge < -0.3 is 4.74 Å². The van der Waals surface area contributed by atoms with Crippen molar-refractivity contribution in [1.29, 1.82) is 0 Å². The Labute approximate surface area is 103 Å². The summed E-state index contributed by atoms with van der Waals surface area (Å²) in [6.45, 7) is 0. The molecule has 18 heavy (non-hydrogen) atoms. The maximum absolute atomic E-state index is 13.1. The van der Waals surface area contributed by atoms with Crippen LogP contribution in [0.15, 0.2) is 36.5 Å². The fraction of sp³-hybridized carbons (Fsp3) is 0.154. The van der Waals surface area contributed by atoms with Crippen molar-refractivity contribution in [2.24, 2.45) is 0 Å². The summed E-state index contributed by atoms with van der Waals surface area (Å²) in [6.07, 6.45) is 1.53. The fourth-order valence-electron chi connectivity index (χ4n) is 1.49. The number of methoxy groups -OCH3 is 1. The highest BCUT2D eigenvalue weighted by Crippen LogP contribution is 2.17. The van der Waals surface area contributed by atoms with Crippen molar-refractivity contribution in [2.45, 2.75) is 6.42 Å². The molecule has 0 saturated heterocycles. The lowest BCUT2D eigenvalue weighted by Gasteiger charge is -2.03. The molecule has 0 aliphatic heterocycles. The molecule has 0 saturated carbocycles. The van der Waals surface area contributed by atoms with Crippen LogP contribution < -0.4 is 0 Å². The first-order valence-electron chi connectivity index (χ1n) is 5.33. The molecule has 0 radical (unpaired) electrons. The molecule has 5 heteroatoms. The van der Waals surface area contributed by atoms with Crippen LogP contribution in [-0.4, -0.2) is 23.0 Å². The van der Waals surface area contributed by atoms with E-state index in [1.807, 2.05) is 0 Å². The van der Waals surface area contributed by atoms with E-state index in [1.165, 1.54) is 25.4 Å². The average Bonchev–Trinajstić information content (AvgIpc) is 2.39. The molecule has 92 valence electrons. The number of esters is 1. The smallest absolute Gasteiger partial charge is 0.313 e. The normalized spacial score (nSPS) is 10.1. The third-order valence-electron chi connectivity index (χ3n) is 2.36. The molecular weight excluding hydrogens is 235 g/mol. The van der Waals surface area contributed by atoms with Crippen molar-refractivity contribution in [3.05, 3.63) is 48.2 Å². The van der Waals surface area contributed by atoms with Gasteiger partial charge in [0.1, 0.15) is 18.1 Å². The van der Waals surface area contributed by atoms with E-state index in [0.29, 0.717) is 17.1 Å². The van der Waals surface area contributed by atoms with Crippen molar-refractivity contribution in [3.8, 4) is 11.3 Å². The van der Waals surface area contributed by atoms with Crippen LogP contribution in [0.4, 0.5) is 4.39 Å². The summed E-state index contributed by atoms with van der Waals surface area (Å²) >= 11 is 0. The fourth-order valence-corrected chi connectivity index (χ4v) is 1.49. The van der Waals surface area contributed by atoms with Crippen LogP contribution >= 0.6 is 0 Å². The standard InChI is InChI=1S/C13H11FN2O2/c1-18-13(17)8-12-15-6-5-11(16-12)9-3-2-4-10(14)7-9/h2-7H,8H2,1H3. The Morgan fingerprint density at radius 2 is 2.22 bits per heavy atom. The van der Waals surface area contributed by atoms with E-state index in [0.717, 1.165) is 0 Å². The number of nitrogens with zero attached hydrogens (tertiary/aromatic N) is 2. The predicted molar refractivity (Wildman–Crippen MR) is 63.1 cm³/mol. The van der Waals surface area contributed by atoms with Crippen molar-refractivity contribution < 1.29 is 13.9 Å². The number of ether oxygens (including phenoxy) is 1. The van der Waals surface area contributed by atoms with Gasteiger partial charge in [-0.05, 0) is 18.2 Å². The summed E-state index contributed by atoms with van der Waals surface area (Å²) < 4.78 is 17.6. The van der Waals surface area contributed by atoms with Crippen LogP contribution in [-0.2, 0) is 16.0 Å². The van der Waals surface area contributed by atoms with Crippen LogP contribution in [0, 0.1) is 5.82 Å². The molecule has 2 aromatic rings. The third kappa shape index (κ3) is 2.88. The maximum atomic E-state index is 13.1. The first kappa shape index (κ1) is 12.2. The monoisotopic (exact) mass is 246 g/mol. The zero-order valence-corrected chi connectivity index (χ0v) is 9.76. The Morgan fingerprint density at radius 1 is 1.39 bits per heavy atom. The quantitative estimate of drug-likeness (QED) is 0.777. The van der Waals surface area contributed by atoms with Crippen molar-refractivity contribution in [1.82, 2.24) is 9.97 Å². The van der Waals surface area contributed by atoms with E-state index in [4.69, 9.17) is 0 Å². The Balaban J connectivity index is 2.29. The van der Waals surface area contributed by atoms with E-state index in [9.17, 15) is 9.18 Å². The van der Waals surface area contributed by atoms with Crippen LogP contribution in [0.1, 0.15) is 5.82 Å². The molecule has 0 amide bonds. The van der Waals surface area contributed by atoms with Gasteiger partial charge in [0.2, 0.25) is 0 Å². The maximum Gasteiger partial charge on any atom is 0.313 e. The lowest BCUT2D eigenvalue weighted by atomic mass is 10.1. The number of rotatable bonds is 3. The van der Waals surface area contributed by atoms with Gasteiger partial charge in [0.05, 0.1) is 12.8 Å². The van der Waals surface area contributed by atoms with Gasteiger partial charge in [-0.15, -0.1) is 0 Å². The highest BCUT2D eigenvalue weighted by atomic mass is 19.1. The number of hydrogen-bond donors (Lipinski definition) is 0. The first-order valence-corrected chi connectivity index (χ1v) is 5.33. The Morgan fingerprint density at radius 3 is 2.94 bits per heavy atom. The van der Waals surface area contributed by atoms with Gasteiger partial charge in [-0.3, -0.25) is 4.79 Å². The molecule has 0 atom stereocenters. The summed E-state index contributed by atoms with van der Waals surface area (Å²) in [5.41, 5.74) is 1.21. The van der Waals surface area contributed by atoms with E-state index in [2.05, 4.69) is 14.7 Å². The van der Waals surface area contributed by atoms with E-state index >= 15 is 0 Å². The molecule has 0 N–H and O–H groups in total. The summed E-state index contributed by atoms with van der Waals surface area (Å²) in [5, 5.41) is 0. The van der Waals surface area contributed by atoms with Crippen LogP contribution in [0.2, 0.25) is 0 Å². The molecule has 0 fully saturated rings. The summed E-state index contributed by atoms with van der Waals surface area (Å²) in [7, 11) is 1.30. The van der Waals surface area contributed by atoms with Gasteiger partial charge in [-0.25, -0.2) is 14.4 Å². The Bertz CT molecular complexity index is 572. The van der Waals surface area contributed by atoms with Crippen LogP contribution in [0.3, 0.4) is 0 Å². The second kappa shape index (κ2) is 5.35. The zero-order valence-electron chi connectivity index (χ0n) is 9.76. The third-order valence-corrected chi connectivity index (χ3v) is 2.36. The van der Waals surface area contributed by atoms with Gasteiger partial charge in [-0.1, -0.05) is 12.1 Å². The average molecular weight is 246 g/mol. The van der Waals surface area contributed by atoms with Gasteiger partial charge in [-0.2, -0.15) is 0 Å². The number of halogens is 1.